The molecule has 0 saturated carbocycles. The average molecular weight is 283 g/mol. The second-order valence-corrected chi connectivity index (χ2v) is 4.88. The first-order valence-electron chi connectivity index (χ1n) is 6.59. The van der Waals surface area contributed by atoms with E-state index in [0.29, 0.717) is 18.3 Å². The Morgan fingerprint density at radius 1 is 1.40 bits per heavy atom. The van der Waals surface area contributed by atoms with Crippen molar-refractivity contribution in [3.63, 3.8) is 0 Å². The van der Waals surface area contributed by atoms with Crippen molar-refractivity contribution in [2.24, 2.45) is 0 Å². The Kier molecular flexibility index (Phi) is 4.50. The first-order valence-corrected chi connectivity index (χ1v) is 6.59. The number of rotatable bonds is 4. The van der Waals surface area contributed by atoms with Gasteiger partial charge in [0.25, 0.3) is 0 Å². The van der Waals surface area contributed by atoms with Crippen molar-refractivity contribution < 1.29 is 13.2 Å². The van der Waals surface area contributed by atoms with Crippen molar-refractivity contribution in [3.05, 3.63) is 29.3 Å². The van der Waals surface area contributed by atoms with E-state index < -0.39 is 11.7 Å². The zero-order valence-electron chi connectivity index (χ0n) is 10.9. The molecular weight excluding hydrogens is 267 g/mol. The molecule has 1 aromatic rings. The van der Waals surface area contributed by atoms with Gasteiger partial charge >= 0.3 is 6.18 Å². The Labute approximate surface area is 115 Å². The number of nitrogens with one attached hydrogen (secondary N) is 2. The number of benzene rings is 1. The van der Waals surface area contributed by atoms with Gasteiger partial charge in [-0.1, -0.05) is 0 Å². The molecule has 0 bridgehead atoms. The van der Waals surface area contributed by atoms with Crippen LogP contribution in [0.4, 0.5) is 18.9 Å². The molecule has 1 saturated heterocycles. The van der Waals surface area contributed by atoms with Crippen molar-refractivity contribution in [1.29, 1.82) is 5.26 Å². The molecule has 0 spiro atoms. The van der Waals surface area contributed by atoms with Crippen LogP contribution in [0.5, 0.6) is 0 Å². The van der Waals surface area contributed by atoms with E-state index in [-0.39, 0.29) is 5.56 Å². The quantitative estimate of drug-likeness (QED) is 0.892. The third-order valence-electron chi connectivity index (χ3n) is 3.44. The van der Waals surface area contributed by atoms with Crippen LogP contribution in [0.2, 0.25) is 0 Å². The number of alkyl halides is 3. The van der Waals surface area contributed by atoms with Crippen LogP contribution >= 0.6 is 0 Å². The lowest BCUT2D eigenvalue weighted by Crippen LogP contribution is -2.24. The molecule has 2 rings (SSSR count). The van der Waals surface area contributed by atoms with E-state index >= 15 is 0 Å². The number of hydrogen-bond donors (Lipinski definition) is 2. The molecule has 1 aliphatic rings. The summed E-state index contributed by atoms with van der Waals surface area (Å²) in [5.41, 5.74) is -0.310. The van der Waals surface area contributed by atoms with E-state index in [1.54, 1.807) is 0 Å². The van der Waals surface area contributed by atoms with Gasteiger partial charge in [-0.3, -0.25) is 0 Å². The minimum atomic E-state index is -4.42. The van der Waals surface area contributed by atoms with E-state index in [4.69, 9.17) is 5.26 Å². The van der Waals surface area contributed by atoms with E-state index in [9.17, 15) is 13.2 Å². The van der Waals surface area contributed by atoms with Crippen LogP contribution in [-0.4, -0.2) is 19.1 Å². The van der Waals surface area contributed by atoms with Gasteiger partial charge < -0.3 is 10.6 Å². The van der Waals surface area contributed by atoms with Gasteiger partial charge in [-0.05, 0) is 44.0 Å². The van der Waals surface area contributed by atoms with Crippen molar-refractivity contribution >= 4 is 5.69 Å². The van der Waals surface area contributed by atoms with E-state index in [2.05, 4.69) is 10.6 Å². The number of hydrogen-bond acceptors (Lipinski definition) is 3. The molecule has 2 N–H and O–H groups in total. The highest BCUT2D eigenvalue weighted by Gasteiger charge is 2.31. The Morgan fingerprint density at radius 3 is 2.80 bits per heavy atom. The van der Waals surface area contributed by atoms with Crippen molar-refractivity contribution in [2.75, 3.05) is 18.4 Å². The van der Waals surface area contributed by atoms with Crippen molar-refractivity contribution in [3.8, 4) is 6.07 Å². The Hall–Kier alpha value is -1.74. The summed E-state index contributed by atoms with van der Waals surface area (Å²) in [6.45, 7) is 1.66. The van der Waals surface area contributed by atoms with Gasteiger partial charge in [0.2, 0.25) is 0 Å². The average Bonchev–Trinajstić information content (AvgIpc) is 2.91. The van der Waals surface area contributed by atoms with E-state index in [1.165, 1.54) is 6.07 Å². The zero-order valence-corrected chi connectivity index (χ0v) is 10.9. The van der Waals surface area contributed by atoms with Crippen LogP contribution in [0, 0.1) is 11.3 Å². The maximum absolute atomic E-state index is 12.6. The highest BCUT2D eigenvalue weighted by molar-refractivity contribution is 5.59. The van der Waals surface area contributed by atoms with Crippen LogP contribution in [0.25, 0.3) is 0 Å². The normalized spacial score (nSPS) is 18.8. The number of nitriles is 1. The summed E-state index contributed by atoms with van der Waals surface area (Å²) in [7, 11) is 0. The minimum Gasteiger partial charge on any atom is -0.384 e. The van der Waals surface area contributed by atoms with Crippen LogP contribution < -0.4 is 10.6 Å². The molecule has 1 atom stereocenters. The summed E-state index contributed by atoms with van der Waals surface area (Å²) in [5.74, 6) is 0. The third-order valence-corrected chi connectivity index (χ3v) is 3.44. The zero-order chi connectivity index (χ0) is 14.6. The predicted octanol–water partition coefficient (Wildman–Crippen LogP) is 3.13. The molecule has 1 heterocycles. The summed E-state index contributed by atoms with van der Waals surface area (Å²) in [6, 6.07) is 5.47. The van der Waals surface area contributed by atoms with Gasteiger partial charge in [-0.25, -0.2) is 0 Å². The molecule has 0 radical (unpaired) electrons. The molecular formula is C14H16F3N3. The predicted molar refractivity (Wildman–Crippen MR) is 70.3 cm³/mol. The molecule has 1 aliphatic heterocycles. The largest absolute Gasteiger partial charge is 0.416 e. The van der Waals surface area contributed by atoms with E-state index in [0.717, 1.165) is 37.9 Å². The summed E-state index contributed by atoms with van der Waals surface area (Å²) in [5, 5.41) is 15.3. The van der Waals surface area contributed by atoms with Crippen LogP contribution in [0.3, 0.4) is 0 Å². The number of nitrogens with zero attached hydrogens (tertiary/aromatic N) is 1. The highest BCUT2D eigenvalue weighted by Crippen LogP contribution is 2.31. The SMILES string of the molecule is N#Cc1cc(C(F)(F)F)ccc1NCC[C@H]1CCCN1. The fourth-order valence-corrected chi connectivity index (χ4v) is 2.35. The van der Waals surface area contributed by atoms with Crippen molar-refractivity contribution in [2.45, 2.75) is 31.5 Å². The maximum Gasteiger partial charge on any atom is 0.416 e. The number of anilines is 1. The standard InChI is InChI=1S/C14H16F3N3/c15-14(16,17)11-3-4-13(10(8-11)9-18)20-7-5-12-2-1-6-19-12/h3-4,8,12,19-20H,1-2,5-7H2/t12-/m1/s1. The summed E-state index contributed by atoms with van der Waals surface area (Å²) >= 11 is 0. The molecule has 108 valence electrons. The molecule has 1 aromatic carbocycles. The van der Waals surface area contributed by atoms with Gasteiger partial charge in [-0.15, -0.1) is 0 Å². The fourth-order valence-electron chi connectivity index (χ4n) is 2.35. The molecule has 0 unspecified atom stereocenters. The third kappa shape index (κ3) is 3.64. The Balaban J connectivity index is 1.99. The van der Waals surface area contributed by atoms with Gasteiger partial charge in [0.15, 0.2) is 0 Å². The second kappa shape index (κ2) is 6.14. The van der Waals surface area contributed by atoms with Crippen molar-refractivity contribution in [1.82, 2.24) is 5.32 Å². The first kappa shape index (κ1) is 14.7. The summed E-state index contributed by atoms with van der Waals surface area (Å²) in [4.78, 5) is 0. The molecule has 3 nitrogen and oxygen atoms in total. The van der Waals surface area contributed by atoms with Gasteiger partial charge in [0.1, 0.15) is 6.07 Å². The van der Waals surface area contributed by atoms with Crippen LogP contribution in [0.15, 0.2) is 18.2 Å². The lowest BCUT2D eigenvalue weighted by atomic mass is 10.1. The Morgan fingerprint density at radius 2 is 2.20 bits per heavy atom. The summed E-state index contributed by atoms with van der Waals surface area (Å²) < 4.78 is 37.7. The lowest BCUT2D eigenvalue weighted by molar-refractivity contribution is -0.137. The van der Waals surface area contributed by atoms with Gasteiger partial charge in [0, 0.05) is 12.6 Å². The molecule has 6 heteroatoms. The molecule has 0 amide bonds. The van der Waals surface area contributed by atoms with Crippen LogP contribution in [-0.2, 0) is 6.18 Å². The minimum absolute atomic E-state index is 0.0270. The first-order chi connectivity index (χ1) is 9.50. The molecule has 0 aliphatic carbocycles. The Bertz CT molecular complexity index is 499. The molecule has 0 aromatic heterocycles. The maximum atomic E-state index is 12.6. The monoisotopic (exact) mass is 283 g/mol. The van der Waals surface area contributed by atoms with Gasteiger partial charge in [-0.2, -0.15) is 18.4 Å². The second-order valence-electron chi connectivity index (χ2n) is 4.88. The lowest BCUT2D eigenvalue weighted by Gasteiger charge is -2.14. The van der Waals surface area contributed by atoms with Gasteiger partial charge in [0.05, 0.1) is 16.8 Å². The highest BCUT2D eigenvalue weighted by atomic mass is 19.4. The molecule has 1 fully saturated rings. The van der Waals surface area contributed by atoms with Crippen LogP contribution in [0.1, 0.15) is 30.4 Å². The molecule has 20 heavy (non-hydrogen) atoms. The smallest absolute Gasteiger partial charge is 0.384 e. The fraction of sp³-hybridized carbons (Fsp3) is 0.500. The summed E-state index contributed by atoms with van der Waals surface area (Å²) in [6.07, 6.45) is -1.24. The number of halogens is 3. The van der Waals surface area contributed by atoms with E-state index in [1.807, 2.05) is 6.07 Å². The topological polar surface area (TPSA) is 47.9 Å².